The van der Waals surface area contributed by atoms with Crippen LogP contribution in [0.4, 0.5) is 0 Å². The molecule has 16 heavy (non-hydrogen) atoms. The summed E-state index contributed by atoms with van der Waals surface area (Å²) in [7, 11) is 0. The number of Topliss-reactive ketones (excluding diaryl/α,β-unsaturated/α-hetero) is 1. The van der Waals surface area contributed by atoms with Gasteiger partial charge in [-0.2, -0.15) is 5.10 Å². The van der Waals surface area contributed by atoms with Crippen LogP contribution < -0.4 is 0 Å². The summed E-state index contributed by atoms with van der Waals surface area (Å²) in [5.41, 5.74) is 1.21. The molecule has 0 fully saturated rings. The minimum Gasteiger partial charge on any atom is -0.477 e. The first-order valence-corrected chi connectivity index (χ1v) is 4.60. The summed E-state index contributed by atoms with van der Waals surface area (Å²) in [4.78, 5) is 26.2. The molecule has 0 aliphatic rings. The second-order valence-electron chi connectivity index (χ2n) is 3.43. The first kappa shape index (κ1) is 10.3. The van der Waals surface area contributed by atoms with Gasteiger partial charge in [0.2, 0.25) is 0 Å². The van der Waals surface area contributed by atoms with Gasteiger partial charge < -0.3 is 5.11 Å². The molecule has 2 rings (SSSR count). The van der Waals surface area contributed by atoms with Crippen molar-refractivity contribution in [1.29, 1.82) is 0 Å². The van der Waals surface area contributed by atoms with Crippen molar-refractivity contribution in [2.24, 2.45) is 0 Å². The van der Waals surface area contributed by atoms with Crippen molar-refractivity contribution >= 4 is 17.4 Å². The third-order valence-electron chi connectivity index (χ3n) is 2.29. The number of hydrogen-bond donors (Lipinski definition) is 1. The van der Waals surface area contributed by atoms with Crippen molar-refractivity contribution in [3.05, 3.63) is 29.2 Å². The van der Waals surface area contributed by atoms with Gasteiger partial charge in [0.15, 0.2) is 11.4 Å². The Morgan fingerprint density at radius 3 is 2.62 bits per heavy atom. The Labute approximate surface area is 90.5 Å². The van der Waals surface area contributed by atoms with Gasteiger partial charge in [0.1, 0.15) is 5.56 Å². The van der Waals surface area contributed by atoms with E-state index in [0.29, 0.717) is 11.3 Å². The van der Waals surface area contributed by atoms with E-state index in [4.69, 9.17) is 5.11 Å². The van der Waals surface area contributed by atoms with Crippen LogP contribution in [0.2, 0.25) is 0 Å². The number of nitrogens with zero attached hydrogens (tertiary/aromatic N) is 3. The quantitative estimate of drug-likeness (QED) is 0.760. The molecule has 6 heteroatoms. The number of aryl methyl sites for hydroxylation is 1. The molecule has 2 aromatic rings. The van der Waals surface area contributed by atoms with Crippen molar-refractivity contribution in [3.8, 4) is 0 Å². The van der Waals surface area contributed by atoms with Crippen LogP contribution in [0, 0.1) is 6.92 Å². The predicted octanol–water partition coefficient (Wildman–Crippen LogP) is 0.939. The highest BCUT2D eigenvalue weighted by atomic mass is 16.4. The minimum absolute atomic E-state index is 0.0261. The molecular formula is C10H9N3O3. The third-order valence-corrected chi connectivity index (χ3v) is 2.29. The summed E-state index contributed by atoms with van der Waals surface area (Å²) in [6, 6.07) is 0. The minimum atomic E-state index is -1.09. The summed E-state index contributed by atoms with van der Waals surface area (Å²) in [6.45, 7) is 3.09. The molecule has 0 spiro atoms. The van der Waals surface area contributed by atoms with E-state index in [9.17, 15) is 9.59 Å². The van der Waals surface area contributed by atoms with Crippen LogP contribution in [0.5, 0.6) is 0 Å². The molecule has 0 atom stereocenters. The van der Waals surface area contributed by atoms with E-state index in [0.717, 1.165) is 0 Å². The number of aromatic nitrogens is 3. The van der Waals surface area contributed by atoms with Gasteiger partial charge in [0, 0.05) is 6.20 Å². The molecule has 2 aromatic heterocycles. The number of carbonyl (C=O) groups excluding carboxylic acids is 1. The number of fused-ring (bicyclic) bond motifs is 1. The van der Waals surface area contributed by atoms with E-state index in [2.05, 4.69) is 10.1 Å². The zero-order chi connectivity index (χ0) is 11.9. The van der Waals surface area contributed by atoms with Gasteiger partial charge in [-0.15, -0.1) is 0 Å². The van der Waals surface area contributed by atoms with E-state index >= 15 is 0 Å². The van der Waals surface area contributed by atoms with Gasteiger partial charge in [-0.05, 0) is 13.8 Å². The predicted molar refractivity (Wildman–Crippen MR) is 54.7 cm³/mol. The number of carboxylic acids is 1. The first-order valence-electron chi connectivity index (χ1n) is 4.60. The first-order chi connectivity index (χ1) is 7.50. The fourth-order valence-corrected chi connectivity index (χ4v) is 1.49. The zero-order valence-corrected chi connectivity index (χ0v) is 8.76. The summed E-state index contributed by atoms with van der Waals surface area (Å²) >= 11 is 0. The Morgan fingerprint density at radius 1 is 1.38 bits per heavy atom. The summed E-state index contributed by atoms with van der Waals surface area (Å²) < 4.78 is 1.30. The van der Waals surface area contributed by atoms with Crippen LogP contribution in [-0.4, -0.2) is 31.5 Å². The largest absolute Gasteiger partial charge is 0.477 e. The molecule has 82 valence electrons. The third kappa shape index (κ3) is 1.44. The molecule has 0 aliphatic carbocycles. The highest BCUT2D eigenvalue weighted by molar-refractivity contribution is 5.97. The molecule has 0 aliphatic heterocycles. The maximum atomic E-state index is 11.3. The highest BCUT2D eigenvalue weighted by Crippen LogP contribution is 2.12. The molecule has 0 unspecified atom stereocenters. The Bertz CT molecular complexity index is 601. The molecular weight excluding hydrogens is 210 g/mol. The molecule has 0 radical (unpaired) electrons. The van der Waals surface area contributed by atoms with E-state index < -0.39 is 5.97 Å². The number of carbonyl (C=O) groups is 2. The summed E-state index contributed by atoms with van der Waals surface area (Å²) in [6.07, 6.45) is 2.71. The Morgan fingerprint density at radius 2 is 2.06 bits per heavy atom. The van der Waals surface area contributed by atoms with Crippen LogP contribution in [0.25, 0.3) is 5.65 Å². The Balaban J connectivity index is 2.76. The summed E-state index contributed by atoms with van der Waals surface area (Å²) in [5.74, 6) is -1.21. The number of aromatic carboxylic acids is 1. The van der Waals surface area contributed by atoms with Gasteiger partial charge in [0.05, 0.1) is 17.5 Å². The van der Waals surface area contributed by atoms with Gasteiger partial charge in [0.25, 0.3) is 0 Å². The topological polar surface area (TPSA) is 84.6 Å². The monoisotopic (exact) mass is 219 g/mol. The lowest BCUT2D eigenvalue weighted by Gasteiger charge is -2.02. The second-order valence-corrected chi connectivity index (χ2v) is 3.43. The maximum Gasteiger partial charge on any atom is 0.341 e. The number of hydrogen-bond acceptors (Lipinski definition) is 4. The highest BCUT2D eigenvalue weighted by Gasteiger charge is 2.15. The lowest BCUT2D eigenvalue weighted by Crippen LogP contribution is -2.05. The van der Waals surface area contributed by atoms with Crippen molar-refractivity contribution in [1.82, 2.24) is 14.6 Å². The molecule has 0 aromatic carbocycles. The fourth-order valence-electron chi connectivity index (χ4n) is 1.49. The van der Waals surface area contributed by atoms with E-state index in [1.54, 1.807) is 6.92 Å². The van der Waals surface area contributed by atoms with Gasteiger partial charge in [-0.3, -0.25) is 4.79 Å². The maximum absolute atomic E-state index is 11.3. The van der Waals surface area contributed by atoms with Gasteiger partial charge in [-0.1, -0.05) is 0 Å². The lowest BCUT2D eigenvalue weighted by atomic mass is 10.2. The number of rotatable bonds is 2. The van der Waals surface area contributed by atoms with Crippen LogP contribution >= 0.6 is 0 Å². The molecule has 0 saturated heterocycles. The number of ketones is 1. The van der Waals surface area contributed by atoms with Crippen LogP contribution in [0.3, 0.4) is 0 Å². The van der Waals surface area contributed by atoms with Crippen molar-refractivity contribution in [2.75, 3.05) is 0 Å². The molecule has 0 saturated carbocycles. The van der Waals surface area contributed by atoms with Crippen molar-refractivity contribution in [2.45, 2.75) is 13.8 Å². The van der Waals surface area contributed by atoms with Crippen molar-refractivity contribution < 1.29 is 14.7 Å². The number of carboxylic acid groups (broad SMARTS) is 1. The van der Waals surface area contributed by atoms with E-state index in [1.807, 2.05) is 0 Å². The Hall–Kier alpha value is -2.24. The normalized spacial score (nSPS) is 10.6. The van der Waals surface area contributed by atoms with E-state index in [-0.39, 0.29) is 17.0 Å². The van der Waals surface area contributed by atoms with Gasteiger partial charge >= 0.3 is 5.97 Å². The van der Waals surface area contributed by atoms with Crippen molar-refractivity contribution in [3.63, 3.8) is 0 Å². The fraction of sp³-hybridized carbons (Fsp3) is 0.200. The van der Waals surface area contributed by atoms with Gasteiger partial charge in [-0.25, -0.2) is 14.3 Å². The second kappa shape index (κ2) is 3.41. The smallest absolute Gasteiger partial charge is 0.341 e. The Kier molecular flexibility index (Phi) is 2.19. The SMILES string of the molecule is CC(=O)c1cn2ncc(C(=O)O)c2nc1C. The zero-order valence-electron chi connectivity index (χ0n) is 8.76. The average molecular weight is 219 g/mol. The van der Waals surface area contributed by atoms with Crippen LogP contribution in [0.15, 0.2) is 12.4 Å². The van der Waals surface area contributed by atoms with E-state index in [1.165, 1.54) is 23.8 Å². The molecule has 0 bridgehead atoms. The van der Waals surface area contributed by atoms with Crippen LogP contribution in [-0.2, 0) is 0 Å². The molecule has 1 N–H and O–H groups in total. The van der Waals surface area contributed by atoms with Crippen LogP contribution in [0.1, 0.15) is 33.3 Å². The average Bonchev–Trinajstić information content (AvgIpc) is 2.58. The standard InChI is InChI=1S/C10H9N3O3/c1-5-8(6(2)14)4-13-9(12-5)7(3-11-13)10(15)16/h3-4H,1-2H3,(H,15,16). The molecule has 2 heterocycles. The molecule has 0 amide bonds. The summed E-state index contributed by atoms with van der Waals surface area (Å²) in [5, 5.41) is 12.7. The molecule has 6 nitrogen and oxygen atoms in total. The lowest BCUT2D eigenvalue weighted by molar-refractivity contribution is 0.0698.